The Morgan fingerprint density at radius 3 is 3.00 bits per heavy atom. The first kappa shape index (κ1) is 12.4. The molecule has 0 radical (unpaired) electrons. The van der Waals surface area contributed by atoms with Gasteiger partial charge in [0.2, 0.25) is 5.91 Å². The molecular formula is C10H21N3O2. The number of rotatable bonds is 5. The minimum absolute atomic E-state index is 0.267. The first-order valence-corrected chi connectivity index (χ1v) is 5.47. The average molecular weight is 215 g/mol. The smallest absolute Gasteiger partial charge is 0.235 e. The molecule has 1 aliphatic rings. The van der Waals surface area contributed by atoms with Gasteiger partial charge in [-0.25, -0.2) is 0 Å². The van der Waals surface area contributed by atoms with Crippen molar-refractivity contribution in [1.29, 1.82) is 0 Å². The minimum Gasteiger partial charge on any atom is -0.378 e. The van der Waals surface area contributed by atoms with E-state index in [0.29, 0.717) is 12.6 Å². The summed E-state index contributed by atoms with van der Waals surface area (Å²) < 4.78 is 5.40. The average Bonchev–Trinajstić information content (AvgIpc) is 2.25. The van der Waals surface area contributed by atoms with E-state index in [0.717, 1.165) is 26.2 Å². The van der Waals surface area contributed by atoms with Crippen molar-refractivity contribution in [1.82, 2.24) is 10.2 Å². The van der Waals surface area contributed by atoms with Crippen LogP contribution in [-0.4, -0.2) is 56.2 Å². The van der Waals surface area contributed by atoms with Gasteiger partial charge in [0.15, 0.2) is 0 Å². The molecule has 0 spiro atoms. The topological polar surface area (TPSA) is 67.6 Å². The van der Waals surface area contributed by atoms with E-state index in [1.807, 2.05) is 0 Å². The number of hydrogen-bond acceptors (Lipinski definition) is 4. The normalized spacial score (nSPS) is 25.1. The number of likely N-dealkylation sites (N-methyl/N-ethyl adjacent to an activating group) is 1. The van der Waals surface area contributed by atoms with E-state index >= 15 is 0 Å². The van der Waals surface area contributed by atoms with Crippen LogP contribution in [0.3, 0.4) is 0 Å². The Morgan fingerprint density at radius 2 is 2.47 bits per heavy atom. The largest absolute Gasteiger partial charge is 0.378 e. The van der Waals surface area contributed by atoms with Crippen molar-refractivity contribution < 1.29 is 9.53 Å². The highest BCUT2D eigenvalue weighted by Crippen LogP contribution is 2.10. The Bertz CT molecular complexity index is 211. The molecular weight excluding hydrogens is 194 g/mol. The van der Waals surface area contributed by atoms with Crippen molar-refractivity contribution in [3.8, 4) is 0 Å². The lowest BCUT2D eigenvalue weighted by Gasteiger charge is -2.36. The van der Waals surface area contributed by atoms with Gasteiger partial charge in [-0.2, -0.15) is 0 Å². The summed E-state index contributed by atoms with van der Waals surface area (Å²) in [6.07, 6.45) is 1.04. The predicted octanol–water partition coefficient (Wildman–Crippen LogP) is -0.829. The van der Waals surface area contributed by atoms with Crippen molar-refractivity contribution >= 4 is 5.91 Å². The maximum absolute atomic E-state index is 11.1. The van der Waals surface area contributed by atoms with E-state index in [1.54, 1.807) is 7.05 Å². The third kappa shape index (κ3) is 3.44. The molecule has 0 saturated carbocycles. The van der Waals surface area contributed by atoms with Gasteiger partial charge in [-0.1, -0.05) is 6.92 Å². The maximum atomic E-state index is 11.1. The van der Waals surface area contributed by atoms with E-state index in [4.69, 9.17) is 10.5 Å². The van der Waals surface area contributed by atoms with Crippen LogP contribution in [0.4, 0.5) is 0 Å². The summed E-state index contributed by atoms with van der Waals surface area (Å²) in [7, 11) is 1.76. The van der Waals surface area contributed by atoms with Crippen molar-refractivity contribution in [2.75, 3.05) is 33.4 Å². The fourth-order valence-corrected chi connectivity index (χ4v) is 1.86. The van der Waals surface area contributed by atoms with Crippen LogP contribution in [0, 0.1) is 0 Å². The van der Waals surface area contributed by atoms with Crippen LogP contribution in [0.25, 0.3) is 0 Å². The molecule has 15 heavy (non-hydrogen) atoms. The predicted molar refractivity (Wildman–Crippen MR) is 58.5 cm³/mol. The fourth-order valence-electron chi connectivity index (χ4n) is 1.86. The Hall–Kier alpha value is -0.650. The van der Waals surface area contributed by atoms with Crippen molar-refractivity contribution in [2.45, 2.75) is 25.4 Å². The van der Waals surface area contributed by atoms with Gasteiger partial charge in [-0.3, -0.25) is 9.69 Å². The molecule has 1 rings (SSSR count). The quantitative estimate of drug-likeness (QED) is 0.628. The SMILES string of the molecule is CCC1COCCN1CC(NC)C(N)=O. The monoisotopic (exact) mass is 215 g/mol. The first-order valence-electron chi connectivity index (χ1n) is 5.47. The Labute approximate surface area is 90.9 Å². The van der Waals surface area contributed by atoms with E-state index in [9.17, 15) is 4.79 Å². The molecule has 0 aromatic carbocycles. The number of nitrogens with two attached hydrogens (primary N) is 1. The molecule has 0 aliphatic carbocycles. The minimum atomic E-state index is -0.293. The van der Waals surface area contributed by atoms with E-state index in [-0.39, 0.29) is 11.9 Å². The van der Waals surface area contributed by atoms with Crippen LogP contribution in [0.1, 0.15) is 13.3 Å². The zero-order valence-corrected chi connectivity index (χ0v) is 9.53. The number of nitrogens with one attached hydrogen (secondary N) is 1. The van der Waals surface area contributed by atoms with Crippen LogP contribution in [0.5, 0.6) is 0 Å². The molecule has 3 N–H and O–H groups in total. The molecule has 5 heteroatoms. The summed E-state index contributed by atoms with van der Waals surface area (Å²) in [4.78, 5) is 13.4. The number of primary amides is 1. The van der Waals surface area contributed by atoms with Crippen LogP contribution < -0.4 is 11.1 Å². The van der Waals surface area contributed by atoms with Crippen molar-refractivity contribution in [2.24, 2.45) is 5.73 Å². The summed E-state index contributed by atoms with van der Waals surface area (Å²) in [5, 5.41) is 2.94. The van der Waals surface area contributed by atoms with Gasteiger partial charge in [0.05, 0.1) is 19.3 Å². The summed E-state index contributed by atoms with van der Waals surface area (Å²) in [5.74, 6) is -0.293. The number of ether oxygens (including phenoxy) is 1. The number of carbonyl (C=O) groups is 1. The Morgan fingerprint density at radius 1 is 1.73 bits per heavy atom. The third-order valence-corrected chi connectivity index (χ3v) is 2.93. The lowest BCUT2D eigenvalue weighted by Crippen LogP contribution is -2.54. The highest BCUT2D eigenvalue weighted by Gasteiger charge is 2.25. The van der Waals surface area contributed by atoms with E-state index < -0.39 is 0 Å². The van der Waals surface area contributed by atoms with Gasteiger partial charge >= 0.3 is 0 Å². The van der Waals surface area contributed by atoms with Crippen LogP contribution in [0.2, 0.25) is 0 Å². The fraction of sp³-hybridized carbons (Fsp3) is 0.900. The van der Waals surface area contributed by atoms with Gasteiger partial charge in [-0.15, -0.1) is 0 Å². The van der Waals surface area contributed by atoms with Gasteiger partial charge in [0, 0.05) is 19.1 Å². The molecule has 1 saturated heterocycles. The molecule has 1 fully saturated rings. The molecule has 2 atom stereocenters. The van der Waals surface area contributed by atoms with Crippen LogP contribution in [-0.2, 0) is 9.53 Å². The molecule has 5 nitrogen and oxygen atoms in total. The van der Waals surface area contributed by atoms with E-state index in [2.05, 4.69) is 17.1 Å². The van der Waals surface area contributed by atoms with Crippen LogP contribution in [0.15, 0.2) is 0 Å². The second kappa shape index (κ2) is 6.05. The molecule has 0 aromatic heterocycles. The number of amides is 1. The molecule has 0 bridgehead atoms. The second-order valence-electron chi connectivity index (χ2n) is 3.88. The second-order valence-corrected chi connectivity index (χ2v) is 3.88. The highest BCUT2D eigenvalue weighted by atomic mass is 16.5. The van der Waals surface area contributed by atoms with Gasteiger partial charge in [0.25, 0.3) is 0 Å². The zero-order valence-electron chi connectivity index (χ0n) is 9.53. The molecule has 88 valence electrons. The molecule has 1 amide bonds. The zero-order chi connectivity index (χ0) is 11.3. The summed E-state index contributed by atoms with van der Waals surface area (Å²) in [6.45, 7) is 5.18. The Balaban J connectivity index is 2.49. The first-order chi connectivity index (χ1) is 7.19. The number of morpholine rings is 1. The summed E-state index contributed by atoms with van der Waals surface area (Å²) >= 11 is 0. The third-order valence-electron chi connectivity index (χ3n) is 2.93. The summed E-state index contributed by atoms with van der Waals surface area (Å²) in [5.41, 5.74) is 5.29. The van der Waals surface area contributed by atoms with Gasteiger partial charge in [0.1, 0.15) is 0 Å². The number of carbonyl (C=O) groups excluding carboxylic acids is 1. The van der Waals surface area contributed by atoms with Gasteiger partial charge in [-0.05, 0) is 13.5 Å². The summed E-state index contributed by atoms with van der Waals surface area (Å²) in [6, 6.07) is 0.145. The van der Waals surface area contributed by atoms with Crippen LogP contribution >= 0.6 is 0 Å². The highest BCUT2D eigenvalue weighted by molar-refractivity contribution is 5.80. The van der Waals surface area contributed by atoms with Crippen molar-refractivity contribution in [3.05, 3.63) is 0 Å². The molecule has 1 heterocycles. The molecule has 0 aromatic rings. The van der Waals surface area contributed by atoms with Gasteiger partial charge < -0.3 is 15.8 Å². The van der Waals surface area contributed by atoms with E-state index in [1.165, 1.54) is 0 Å². The molecule has 1 aliphatic heterocycles. The number of nitrogens with zero attached hydrogens (tertiary/aromatic N) is 1. The maximum Gasteiger partial charge on any atom is 0.235 e. The lowest BCUT2D eigenvalue weighted by molar-refractivity contribution is -0.121. The Kier molecular flexibility index (Phi) is 5.01. The molecule has 2 unspecified atom stereocenters. The standard InChI is InChI=1S/C10H21N3O2/c1-3-8-7-15-5-4-13(8)6-9(12-2)10(11)14/h8-9,12H,3-7H2,1-2H3,(H2,11,14). The van der Waals surface area contributed by atoms with Crippen molar-refractivity contribution in [3.63, 3.8) is 0 Å². The number of hydrogen-bond donors (Lipinski definition) is 2. The lowest BCUT2D eigenvalue weighted by atomic mass is 10.1.